The van der Waals surface area contributed by atoms with Gasteiger partial charge >= 0.3 is 0 Å². The summed E-state index contributed by atoms with van der Waals surface area (Å²) in [5, 5.41) is 28.7. The number of carbonyl (C=O) groups excluding carboxylic acids is 1. The number of H-pyrrole nitrogens is 1. The molecule has 1 aliphatic carbocycles. The SMILES string of the molecule is C=C(CNCCC1(c2nnn[nH]2)c2ccc(F)cc2CCc2cc(C(=O)N3CCCC3)ccc21)N1C(C#N)C[C@H](C)C1C. The third-order valence-electron chi connectivity index (χ3n) is 9.86. The summed E-state index contributed by atoms with van der Waals surface area (Å²) < 4.78 is 14.6. The van der Waals surface area contributed by atoms with Gasteiger partial charge in [-0.05, 0) is 115 Å². The van der Waals surface area contributed by atoms with E-state index in [0.717, 1.165) is 60.3 Å². The van der Waals surface area contributed by atoms with E-state index in [1.807, 2.05) is 29.2 Å². The van der Waals surface area contributed by atoms with Crippen molar-refractivity contribution in [3.05, 3.63) is 88.1 Å². The van der Waals surface area contributed by atoms with Gasteiger partial charge in [0.05, 0.1) is 11.5 Å². The fourth-order valence-corrected chi connectivity index (χ4v) is 7.48. The van der Waals surface area contributed by atoms with Crippen molar-refractivity contribution in [2.75, 3.05) is 26.2 Å². The number of aromatic amines is 1. The number of halogens is 1. The van der Waals surface area contributed by atoms with Crippen molar-refractivity contribution < 1.29 is 9.18 Å². The van der Waals surface area contributed by atoms with E-state index in [-0.39, 0.29) is 23.8 Å². The number of rotatable bonds is 8. The van der Waals surface area contributed by atoms with Gasteiger partial charge in [0.25, 0.3) is 5.91 Å². The van der Waals surface area contributed by atoms with Crippen molar-refractivity contribution in [1.82, 2.24) is 35.7 Å². The molecule has 0 saturated carbocycles. The maximum Gasteiger partial charge on any atom is 0.253 e. The van der Waals surface area contributed by atoms with Crippen molar-refractivity contribution in [2.45, 2.75) is 69.9 Å². The number of hydrogen-bond donors (Lipinski definition) is 2. The van der Waals surface area contributed by atoms with Crippen LogP contribution in [0, 0.1) is 23.1 Å². The number of amides is 1. The highest BCUT2D eigenvalue weighted by molar-refractivity contribution is 5.94. The van der Waals surface area contributed by atoms with Crippen LogP contribution in [0.3, 0.4) is 0 Å². The molecule has 0 spiro atoms. The van der Waals surface area contributed by atoms with Gasteiger partial charge in [0.2, 0.25) is 0 Å². The minimum atomic E-state index is -0.799. The molecule has 3 unspecified atom stereocenters. The first kappa shape index (κ1) is 29.0. The second kappa shape index (κ2) is 11.9. The maximum absolute atomic E-state index is 14.6. The number of aryl methyl sites for hydroxylation is 2. The van der Waals surface area contributed by atoms with Crippen LogP contribution < -0.4 is 5.32 Å². The van der Waals surface area contributed by atoms with Crippen molar-refractivity contribution >= 4 is 5.91 Å². The number of tetrazole rings is 1. The van der Waals surface area contributed by atoms with E-state index < -0.39 is 5.41 Å². The Morgan fingerprint density at radius 3 is 2.58 bits per heavy atom. The number of nitrogens with one attached hydrogen (secondary N) is 2. The molecule has 2 fully saturated rings. The van der Waals surface area contributed by atoms with Crippen LogP contribution >= 0.6 is 0 Å². The highest BCUT2D eigenvalue weighted by Crippen LogP contribution is 2.46. The van der Waals surface area contributed by atoms with Gasteiger partial charge < -0.3 is 15.1 Å². The lowest BCUT2D eigenvalue weighted by atomic mass is 9.69. The fourth-order valence-electron chi connectivity index (χ4n) is 7.48. The molecule has 4 atom stereocenters. The van der Waals surface area contributed by atoms with Crippen LogP contribution in [0.5, 0.6) is 0 Å². The number of nitrogens with zero attached hydrogens (tertiary/aromatic N) is 6. The molecule has 6 rings (SSSR count). The number of hydrogen-bond acceptors (Lipinski definition) is 7. The van der Waals surface area contributed by atoms with E-state index in [1.54, 1.807) is 6.07 Å². The molecular formula is C33H39FN8O. The predicted octanol–water partition coefficient (Wildman–Crippen LogP) is 4.12. The molecule has 0 radical (unpaired) electrons. The molecule has 224 valence electrons. The fraction of sp³-hybridized carbons (Fsp3) is 0.485. The van der Waals surface area contributed by atoms with Crippen molar-refractivity contribution in [1.29, 1.82) is 5.26 Å². The Labute approximate surface area is 252 Å². The van der Waals surface area contributed by atoms with Gasteiger partial charge in [0, 0.05) is 36.9 Å². The van der Waals surface area contributed by atoms with Crippen LogP contribution in [-0.2, 0) is 18.3 Å². The number of fused-ring (bicyclic) bond motifs is 2. The zero-order chi connectivity index (χ0) is 30.1. The lowest BCUT2D eigenvalue weighted by Gasteiger charge is -2.35. The minimum Gasteiger partial charge on any atom is -0.355 e. The van der Waals surface area contributed by atoms with Gasteiger partial charge in [-0.2, -0.15) is 5.26 Å². The summed E-state index contributed by atoms with van der Waals surface area (Å²) in [5.74, 6) is 0.774. The smallest absolute Gasteiger partial charge is 0.253 e. The normalized spacial score (nSPS) is 24.7. The Kier molecular flexibility index (Phi) is 8.01. The van der Waals surface area contributed by atoms with Crippen LogP contribution in [0.2, 0.25) is 0 Å². The first-order valence-corrected chi connectivity index (χ1v) is 15.4. The summed E-state index contributed by atoms with van der Waals surface area (Å²) in [5.41, 5.74) is 4.69. The third-order valence-corrected chi connectivity index (χ3v) is 9.86. The quantitative estimate of drug-likeness (QED) is 0.384. The van der Waals surface area contributed by atoms with Crippen LogP contribution in [0.1, 0.15) is 78.0 Å². The number of likely N-dealkylation sites (tertiary alicyclic amines) is 2. The highest BCUT2D eigenvalue weighted by Gasteiger charge is 2.44. The van der Waals surface area contributed by atoms with E-state index in [1.165, 1.54) is 6.07 Å². The third kappa shape index (κ3) is 5.20. The van der Waals surface area contributed by atoms with E-state index in [4.69, 9.17) is 0 Å². The summed E-state index contributed by atoms with van der Waals surface area (Å²) in [6.07, 6.45) is 4.79. The van der Waals surface area contributed by atoms with E-state index in [9.17, 15) is 14.4 Å². The zero-order valence-electron chi connectivity index (χ0n) is 24.9. The predicted molar refractivity (Wildman–Crippen MR) is 161 cm³/mol. The average molecular weight is 583 g/mol. The molecule has 9 nitrogen and oxygen atoms in total. The first-order valence-electron chi connectivity index (χ1n) is 15.4. The summed E-state index contributed by atoms with van der Waals surface area (Å²) in [7, 11) is 0. The summed E-state index contributed by atoms with van der Waals surface area (Å²) in [6.45, 7) is 11.3. The Morgan fingerprint density at radius 2 is 1.88 bits per heavy atom. The molecule has 2 aliphatic heterocycles. The van der Waals surface area contributed by atoms with E-state index in [0.29, 0.717) is 49.7 Å². The number of aromatic nitrogens is 4. The number of carbonyl (C=O) groups is 1. The monoisotopic (exact) mass is 582 g/mol. The van der Waals surface area contributed by atoms with Gasteiger partial charge in [-0.3, -0.25) is 4.79 Å². The molecule has 43 heavy (non-hydrogen) atoms. The van der Waals surface area contributed by atoms with Crippen LogP contribution in [-0.4, -0.2) is 74.6 Å². The molecule has 3 aromatic rings. The Bertz CT molecular complexity index is 1540. The van der Waals surface area contributed by atoms with Gasteiger partial charge in [-0.25, -0.2) is 9.49 Å². The Morgan fingerprint density at radius 1 is 1.16 bits per heavy atom. The van der Waals surface area contributed by atoms with Gasteiger partial charge in [-0.1, -0.05) is 25.6 Å². The van der Waals surface area contributed by atoms with E-state index >= 15 is 0 Å². The number of benzene rings is 2. The molecule has 2 aromatic carbocycles. The van der Waals surface area contributed by atoms with Gasteiger partial charge in [-0.15, -0.1) is 5.10 Å². The van der Waals surface area contributed by atoms with Crippen molar-refractivity contribution in [3.8, 4) is 6.07 Å². The lowest BCUT2D eigenvalue weighted by Crippen LogP contribution is -2.39. The van der Waals surface area contributed by atoms with Gasteiger partial charge in [0.1, 0.15) is 11.9 Å². The van der Waals surface area contributed by atoms with Crippen LogP contribution in [0.4, 0.5) is 4.39 Å². The molecule has 3 heterocycles. The lowest BCUT2D eigenvalue weighted by molar-refractivity contribution is 0.0792. The topological polar surface area (TPSA) is 114 Å². The second-order valence-corrected chi connectivity index (χ2v) is 12.3. The van der Waals surface area contributed by atoms with Crippen molar-refractivity contribution in [2.24, 2.45) is 5.92 Å². The summed E-state index contributed by atoms with van der Waals surface area (Å²) in [6, 6.07) is 13.5. The highest BCUT2D eigenvalue weighted by atomic mass is 19.1. The zero-order valence-corrected chi connectivity index (χ0v) is 24.9. The molecule has 1 aromatic heterocycles. The standard InChI is InChI=1S/C33H39FN8O/c1-21-16-28(19-35)42(23(21)3)22(2)20-36-13-12-33(32-37-39-40-38-32)29-10-8-26(31(43)41-14-4-5-15-41)17-24(29)6-7-25-18-27(34)9-11-30(25)33/h8-11,17-18,21,23,28,36H,2,4-7,12-16,20H2,1,3H3,(H,37,38,39,40)/t21-,23?,28?,33?/m0/s1. The summed E-state index contributed by atoms with van der Waals surface area (Å²) >= 11 is 0. The molecule has 0 bridgehead atoms. The number of nitriles is 1. The van der Waals surface area contributed by atoms with Crippen molar-refractivity contribution in [3.63, 3.8) is 0 Å². The molecule has 10 heteroatoms. The molecule has 1 amide bonds. The van der Waals surface area contributed by atoms with Crippen LogP contribution in [0.15, 0.2) is 48.7 Å². The Balaban J connectivity index is 1.34. The second-order valence-electron chi connectivity index (χ2n) is 12.3. The molecule has 2 N–H and O–H groups in total. The van der Waals surface area contributed by atoms with Crippen LogP contribution in [0.25, 0.3) is 0 Å². The molecule has 2 saturated heterocycles. The minimum absolute atomic E-state index is 0.0568. The maximum atomic E-state index is 14.6. The molecular weight excluding hydrogens is 543 g/mol. The van der Waals surface area contributed by atoms with E-state index in [2.05, 4.69) is 57.3 Å². The summed E-state index contributed by atoms with van der Waals surface area (Å²) in [4.78, 5) is 17.4. The first-order chi connectivity index (χ1) is 20.8. The Hall–Kier alpha value is -4.10. The largest absolute Gasteiger partial charge is 0.355 e. The van der Waals surface area contributed by atoms with Gasteiger partial charge in [0.15, 0.2) is 5.82 Å². The molecule has 3 aliphatic rings. The average Bonchev–Trinajstić information content (AvgIpc) is 3.78.